The number of nitrogens with two attached hydrogens (primary N) is 1. The number of hydrogen-bond acceptors (Lipinski definition) is 5. The summed E-state index contributed by atoms with van der Waals surface area (Å²) in [6.07, 6.45) is 0.658. The lowest BCUT2D eigenvalue weighted by atomic mass is 10.0. The van der Waals surface area contributed by atoms with Crippen molar-refractivity contribution in [2.75, 3.05) is 5.73 Å². The van der Waals surface area contributed by atoms with Crippen molar-refractivity contribution >= 4 is 28.6 Å². The number of hydrogen-bond donors (Lipinski definition) is 1. The van der Waals surface area contributed by atoms with E-state index in [1.54, 1.807) is 24.3 Å². The molecule has 0 atom stereocenters. The van der Waals surface area contributed by atoms with Crippen LogP contribution in [0.3, 0.4) is 0 Å². The first-order valence-electron chi connectivity index (χ1n) is 6.50. The van der Waals surface area contributed by atoms with E-state index in [1.165, 1.54) is 12.1 Å². The number of anilines is 1. The van der Waals surface area contributed by atoms with Crippen molar-refractivity contribution in [2.24, 2.45) is 0 Å². The molecule has 0 radical (unpaired) electrons. The number of carbonyl (C=O) groups excluding carboxylic acids is 1. The molecule has 1 heterocycles. The number of rotatable bonds is 3. The van der Waals surface area contributed by atoms with Crippen LogP contribution in [0, 0.1) is 10.1 Å². The molecule has 1 aromatic heterocycles. The average Bonchev–Trinajstić information content (AvgIpc) is 2.55. The Bertz CT molecular complexity index is 889. The van der Waals surface area contributed by atoms with Gasteiger partial charge in [-0.1, -0.05) is 18.2 Å². The molecule has 22 heavy (non-hydrogen) atoms. The van der Waals surface area contributed by atoms with Gasteiger partial charge in [0, 0.05) is 23.1 Å². The lowest BCUT2D eigenvalue weighted by molar-refractivity contribution is -0.384. The Morgan fingerprint density at radius 2 is 1.77 bits per heavy atom. The molecule has 2 aromatic carbocycles. The fourth-order valence-corrected chi connectivity index (χ4v) is 2.33. The Morgan fingerprint density at radius 3 is 2.41 bits per heavy atom. The number of pyridine rings is 1. The third-order valence-electron chi connectivity index (χ3n) is 3.44. The lowest BCUT2D eigenvalue weighted by Crippen LogP contribution is -2.01. The highest BCUT2D eigenvalue weighted by Gasteiger charge is 2.15. The van der Waals surface area contributed by atoms with Crippen LogP contribution in [0.1, 0.15) is 10.4 Å². The zero-order valence-corrected chi connectivity index (χ0v) is 11.4. The van der Waals surface area contributed by atoms with Crippen LogP contribution < -0.4 is 5.73 Å². The predicted molar refractivity (Wildman–Crippen MR) is 83.6 cm³/mol. The molecule has 0 aliphatic rings. The minimum absolute atomic E-state index is 0.0230. The molecule has 6 heteroatoms. The summed E-state index contributed by atoms with van der Waals surface area (Å²) >= 11 is 0. The van der Waals surface area contributed by atoms with E-state index >= 15 is 0 Å². The number of nitrogen functional groups attached to an aromatic ring is 1. The van der Waals surface area contributed by atoms with Crippen molar-refractivity contribution in [3.8, 4) is 11.3 Å². The molecule has 0 aliphatic heterocycles. The number of nitrogens with zero attached hydrogens (tertiary/aromatic N) is 2. The first-order chi connectivity index (χ1) is 10.6. The van der Waals surface area contributed by atoms with Crippen molar-refractivity contribution in [3.05, 3.63) is 64.2 Å². The second-order valence-corrected chi connectivity index (χ2v) is 4.73. The Hall–Kier alpha value is -3.28. The van der Waals surface area contributed by atoms with Crippen LogP contribution >= 0.6 is 0 Å². The van der Waals surface area contributed by atoms with E-state index in [0.717, 1.165) is 0 Å². The number of nitro groups is 1. The monoisotopic (exact) mass is 293 g/mol. The normalized spacial score (nSPS) is 10.5. The minimum Gasteiger partial charge on any atom is -0.398 e. The van der Waals surface area contributed by atoms with Gasteiger partial charge in [0.25, 0.3) is 5.69 Å². The SMILES string of the molecule is Nc1c(C=O)c(-c2ccc([N+](=O)[O-])cc2)nc2ccccc12. The summed E-state index contributed by atoms with van der Waals surface area (Å²) < 4.78 is 0. The fourth-order valence-electron chi connectivity index (χ4n) is 2.33. The predicted octanol–water partition coefficient (Wildman–Crippen LogP) is 3.20. The van der Waals surface area contributed by atoms with Crippen molar-refractivity contribution in [1.29, 1.82) is 0 Å². The molecule has 2 N–H and O–H groups in total. The molecule has 0 saturated carbocycles. The molecule has 0 saturated heterocycles. The Kier molecular flexibility index (Phi) is 3.27. The molecule has 0 aliphatic carbocycles. The summed E-state index contributed by atoms with van der Waals surface area (Å²) in [5, 5.41) is 11.4. The standard InChI is InChI=1S/C16H11N3O3/c17-15-12-3-1-2-4-14(12)18-16(13(15)9-20)10-5-7-11(8-6-10)19(21)22/h1-9H,(H2,17,18). The molecular formula is C16H11N3O3. The number of carbonyl (C=O) groups is 1. The van der Waals surface area contributed by atoms with Gasteiger partial charge in [-0.25, -0.2) is 4.98 Å². The molecule has 3 rings (SSSR count). The first kappa shape index (κ1) is 13.7. The molecule has 108 valence electrons. The number of aldehydes is 1. The molecule has 0 unspecified atom stereocenters. The fraction of sp³-hybridized carbons (Fsp3) is 0. The minimum atomic E-state index is -0.480. The number of aromatic nitrogens is 1. The zero-order valence-electron chi connectivity index (χ0n) is 11.4. The summed E-state index contributed by atoms with van der Waals surface area (Å²) in [5.41, 5.74) is 8.37. The smallest absolute Gasteiger partial charge is 0.269 e. The van der Waals surface area contributed by atoms with Gasteiger partial charge in [-0.15, -0.1) is 0 Å². The highest BCUT2D eigenvalue weighted by Crippen LogP contribution is 2.31. The van der Waals surface area contributed by atoms with Crippen LogP contribution in [0.2, 0.25) is 0 Å². The molecule has 0 fully saturated rings. The Morgan fingerprint density at radius 1 is 1.09 bits per heavy atom. The highest BCUT2D eigenvalue weighted by atomic mass is 16.6. The van der Waals surface area contributed by atoms with E-state index in [0.29, 0.717) is 34.1 Å². The van der Waals surface area contributed by atoms with Crippen LogP contribution in [0.25, 0.3) is 22.2 Å². The van der Waals surface area contributed by atoms with Gasteiger partial charge in [0.1, 0.15) is 0 Å². The maximum atomic E-state index is 11.4. The first-order valence-corrected chi connectivity index (χ1v) is 6.50. The molecule has 3 aromatic rings. The van der Waals surface area contributed by atoms with Gasteiger partial charge >= 0.3 is 0 Å². The van der Waals surface area contributed by atoms with E-state index in [9.17, 15) is 14.9 Å². The number of nitro benzene ring substituents is 1. The summed E-state index contributed by atoms with van der Waals surface area (Å²) in [4.78, 5) is 26.1. The molecule has 0 spiro atoms. The van der Waals surface area contributed by atoms with Gasteiger partial charge in [-0.05, 0) is 18.2 Å². The van der Waals surface area contributed by atoms with E-state index in [4.69, 9.17) is 5.73 Å². The Labute approximate surface area is 125 Å². The van der Waals surface area contributed by atoms with Gasteiger partial charge in [-0.3, -0.25) is 14.9 Å². The molecule has 0 amide bonds. The molecular weight excluding hydrogens is 282 g/mol. The van der Waals surface area contributed by atoms with Crippen molar-refractivity contribution < 1.29 is 9.72 Å². The maximum absolute atomic E-state index is 11.4. The van der Waals surface area contributed by atoms with Gasteiger partial charge < -0.3 is 5.73 Å². The summed E-state index contributed by atoms with van der Waals surface area (Å²) in [6, 6.07) is 13.1. The average molecular weight is 293 g/mol. The molecule has 6 nitrogen and oxygen atoms in total. The van der Waals surface area contributed by atoms with Crippen LogP contribution in [0.15, 0.2) is 48.5 Å². The third-order valence-corrected chi connectivity index (χ3v) is 3.44. The van der Waals surface area contributed by atoms with Crippen LogP contribution in [0.5, 0.6) is 0 Å². The third kappa shape index (κ3) is 2.16. The second-order valence-electron chi connectivity index (χ2n) is 4.73. The summed E-state index contributed by atoms with van der Waals surface area (Å²) in [7, 11) is 0. The van der Waals surface area contributed by atoms with E-state index in [2.05, 4.69) is 4.98 Å². The second kappa shape index (κ2) is 5.25. The number of non-ortho nitro benzene ring substituents is 1. The van der Waals surface area contributed by atoms with Crippen molar-refractivity contribution in [1.82, 2.24) is 4.98 Å². The van der Waals surface area contributed by atoms with Crippen molar-refractivity contribution in [2.45, 2.75) is 0 Å². The van der Waals surface area contributed by atoms with E-state index in [1.807, 2.05) is 12.1 Å². The largest absolute Gasteiger partial charge is 0.398 e. The van der Waals surface area contributed by atoms with Gasteiger partial charge in [0.05, 0.1) is 27.4 Å². The van der Waals surface area contributed by atoms with E-state index in [-0.39, 0.29) is 11.3 Å². The number of benzene rings is 2. The Balaban J connectivity index is 2.25. The zero-order chi connectivity index (χ0) is 15.7. The van der Waals surface area contributed by atoms with E-state index < -0.39 is 4.92 Å². The van der Waals surface area contributed by atoms with Crippen molar-refractivity contribution in [3.63, 3.8) is 0 Å². The molecule has 0 bridgehead atoms. The van der Waals surface area contributed by atoms with Gasteiger partial charge in [0.15, 0.2) is 6.29 Å². The maximum Gasteiger partial charge on any atom is 0.269 e. The topological polar surface area (TPSA) is 99.1 Å². The lowest BCUT2D eigenvalue weighted by Gasteiger charge is -2.10. The van der Waals surface area contributed by atoms with Crippen LogP contribution in [-0.2, 0) is 0 Å². The van der Waals surface area contributed by atoms with Gasteiger partial charge in [-0.2, -0.15) is 0 Å². The highest BCUT2D eigenvalue weighted by molar-refractivity contribution is 6.04. The quantitative estimate of drug-likeness (QED) is 0.454. The van der Waals surface area contributed by atoms with Gasteiger partial charge in [0.2, 0.25) is 0 Å². The summed E-state index contributed by atoms with van der Waals surface area (Å²) in [6.45, 7) is 0. The summed E-state index contributed by atoms with van der Waals surface area (Å²) in [5.74, 6) is 0. The van der Waals surface area contributed by atoms with Crippen LogP contribution in [0.4, 0.5) is 11.4 Å². The van der Waals surface area contributed by atoms with Crippen LogP contribution in [-0.4, -0.2) is 16.2 Å². The number of para-hydroxylation sites is 1. The number of fused-ring (bicyclic) bond motifs is 1.